The van der Waals surface area contributed by atoms with Crippen LogP contribution in [-0.2, 0) is 0 Å². The molecule has 0 saturated heterocycles. The molecular formula is C24H17N3O. The standard InChI is InChI=1S/C24H17N3O/c1-15-11-12-25-21-9-7-17(13-19(15)21)20-14-18-8-10-22(28)26-24(18)27-23(20)16-5-3-2-4-6-16/h2-14H,1H3,(H,26,27,28). The highest BCUT2D eigenvalue weighted by Crippen LogP contribution is 2.34. The van der Waals surface area contributed by atoms with Crippen molar-refractivity contribution >= 4 is 21.9 Å². The summed E-state index contributed by atoms with van der Waals surface area (Å²) in [6.45, 7) is 2.09. The van der Waals surface area contributed by atoms with Crippen molar-refractivity contribution in [2.24, 2.45) is 0 Å². The second-order valence-electron chi connectivity index (χ2n) is 6.87. The maximum absolute atomic E-state index is 11.8. The second-order valence-corrected chi connectivity index (χ2v) is 6.87. The van der Waals surface area contributed by atoms with E-state index >= 15 is 0 Å². The Hall–Kier alpha value is -3.79. The molecule has 4 nitrogen and oxygen atoms in total. The number of aromatic amines is 1. The zero-order valence-electron chi connectivity index (χ0n) is 15.3. The minimum absolute atomic E-state index is 0.154. The molecule has 0 aliphatic heterocycles. The van der Waals surface area contributed by atoms with Gasteiger partial charge in [0, 0.05) is 34.2 Å². The van der Waals surface area contributed by atoms with Crippen molar-refractivity contribution < 1.29 is 0 Å². The maximum atomic E-state index is 11.8. The van der Waals surface area contributed by atoms with Crippen LogP contribution in [-0.4, -0.2) is 15.0 Å². The van der Waals surface area contributed by atoms with Crippen molar-refractivity contribution in [3.05, 3.63) is 94.9 Å². The Bertz CT molecular complexity index is 1390. The quantitative estimate of drug-likeness (QED) is 0.474. The number of pyridine rings is 3. The number of hydrogen-bond donors (Lipinski definition) is 1. The molecule has 1 N–H and O–H groups in total. The van der Waals surface area contributed by atoms with Crippen molar-refractivity contribution in [2.75, 3.05) is 0 Å². The number of aromatic nitrogens is 3. The molecule has 4 heteroatoms. The summed E-state index contributed by atoms with van der Waals surface area (Å²) in [5, 5.41) is 2.03. The number of H-pyrrole nitrogens is 1. The molecule has 0 aliphatic rings. The first kappa shape index (κ1) is 16.4. The van der Waals surface area contributed by atoms with Crippen LogP contribution in [0.15, 0.2) is 83.8 Å². The van der Waals surface area contributed by atoms with Crippen LogP contribution in [0.25, 0.3) is 44.3 Å². The average molecular weight is 363 g/mol. The fourth-order valence-electron chi connectivity index (χ4n) is 3.57. The lowest BCUT2D eigenvalue weighted by atomic mass is 9.96. The number of rotatable bonds is 2. The summed E-state index contributed by atoms with van der Waals surface area (Å²) in [5.41, 5.74) is 6.55. The highest BCUT2D eigenvalue weighted by molar-refractivity contribution is 5.94. The molecule has 0 spiro atoms. The summed E-state index contributed by atoms with van der Waals surface area (Å²) in [7, 11) is 0. The molecule has 0 fully saturated rings. The van der Waals surface area contributed by atoms with Crippen LogP contribution >= 0.6 is 0 Å². The molecule has 3 heterocycles. The topological polar surface area (TPSA) is 58.6 Å². The van der Waals surface area contributed by atoms with Gasteiger partial charge >= 0.3 is 0 Å². The van der Waals surface area contributed by atoms with E-state index in [1.54, 1.807) is 0 Å². The summed E-state index contributed by atoms with van der Waals surface area (Å²) in [5.74, 6) is 0. The van der Waals surface area contributed by atoms with Gasteiger partial charge in [0.05, 0.1) is 11.2 Å². The number of benzene rings is 2. The van der Waals surface area contributed by atoms with Crippen molar-refractivity contribution in [3.8, 4) is 22.4 Å². The first-order valence-corrected chi connectivity index (χ1v) is 9.14. The molecule has 3 aromatic heterocycles. The summed E-state index contributed by atoms with van der Waals surface area (Å²) in [4.78, 5) is 23.9. The molecule has 0 unspecified atom stereocenters. The van der Waals surface area contributed by atoms with Crippen LogP contribution in [0.3, 0.4) is 0 Å². The minimum atomic E-state index is -0.154. The van der Waals surface area contributed by atoms with Crippen LogP contribution in [0.1, 0.15) is 5.56 Å². The summed E-state index contributed by atoms with van der Waals surface area (Å²) in [6, 6.07) is 23.8. The van der Waals surface area contributed by atoms with E-state index in [0.717, 1.165) is 38.7 Å². The van der Waals surface area contributed by atoms with Gasteiger partial charge in [0.15, 0.2) is 0 Å². The van der Waals surface area contributed by atoms with E-state index in [9.17, 15) is 4.79 Å². The molecule has 0 bridgehead atoms. The number of fused-ring (bicyclic) bond motifs is 2. The van der Waals surface area contributed by atoms with Gasteiger partial charge in [-0.15, -0.1) is 0 Å². The summed E-state index contributed by atoms with van der Waals surface area (Å²) >= 11 is 0. The van der Waals surface area contributed by atoms with Crippen molar-refractivity contribution in [1.29, 1.82) is 0 Å². The van der Waals surface area contributed by atoms with Gasteiger partial charge in [-0.05, 0) is 48.4 Å². The van der Waals surface area contributed by atoms with Gasteiger partial charge in [-0.25, -0.2) is 4.98 Å². The van der Waals surface area contributed by atoms with Crippen molar-refractivity contribution in [2.45, 2.75) is 6.92 Å². The minimum Gasteiger partial charge on any atom is -0.307 e. The third-order valence-corrected chi connectivity index (χ3v) is 5.03. The van der Waals surface area contributed by atoms with E-state index in [0.29, 0.717) is 5.65 Å². The Kier molecular flexibility index (Phi) is 3.76. The van der Waals surface area contributed by atoms with E-state index in [4.69, 9.17) is 4.98 Å². The Balaban J connectivity index is 1.84. The Labute approximate surface area is 161 Å². The van der Waals surface area contributed by atoms with E-state index in [-0.39, 0.29) is 5.56 Å². The average Bonchev–Trinajstić information content (AvgIpc) is 2.73. The van der Waals surface area contributed by atoms with Gasteiger partial charge in [0.25, 0.3) is 0 Å². The lowest BCUT2D eigenvalue weighted by Gasteiger charge is -2.12. The van der Waals surface area contributed by atoms with Gasteiger partial charge in [-0.2, -0.15) is 0 Å². The van der Waals surface area contributed by atoms with E-state index < -0.39 is 0 Å². The third-order valence-electron chi connectivity index (χ3n) is 5.03. The number of hydrogen-bond acceptors (Lipinski definition) is 3. The zero-order chi connectivity index (χ0) is 19.1. The van der Waals surface area contributed by atoms with Crippen LogP contribution in [0.2, 0.25) is 0 Å². The highest BCUT2D eigenvalue weighted by atomic mass is 16.1. The smallest absolute Gasteiger partial charge is 0.249 e. The fourth-order valence-corrected chi connectivity index (χ4v) is 3.57. The molecule has 0 amide bonds. The monoisotopic (exact) mass is 363 g/mol. The van der Waals surface area contributed by atoms with Gasteiger partial charge in [0.2, 0.25) is 5.56 Å². The lowest BCUT2D eigenvalue weighted by molar-refractivity contribution is 1.23. The molecule has 2 aromatic carbocycles. The van der Waals surface area contributed by atoms with Crippen molar-refractivity contribution in [1.82, 2.24) is 15.0 Å². The largest absolute Gasteiger partial charge is 0.307 e. The molecule has 0 radical (unpaired) electrons. The predicted octanol–water partition coefficient (Wildman–Crippen LogP) is 5.11. The molecule has 0 atom stereocenters. The lowest BCUT2D eigenvalue weighted by Crippen LogP contribution is -2.04. The van der Waals surface area contributed by atoms with Gasteiger partial charge in [-0.3, -0.25) is 9.78 Å². The van der Waals surface area contributed by atoms with Gasteiger partial charge in [0.1, 0.15) is 5.65 Å². The summed E-state index contributed by atoms with van der Waals surface area (Å²) in [6.07, 6.45) is 1.83. The SMILES string of the molecule is Cc1ccnc2ccc(-c3cc4ccc(=O)[nH]c4nc3-c3ccccc3)cc12. The Morgan fingerprint density at radius 2 is 1.71 bits per heavy atom. The molecule has 28 heavy (non-hydrogen) atoms. The van der Waals surface area contributed by atoms with Crippen LogP contribution in [0.4, 0.5) is 0 Å². The van der Waals surface area contributed by atoms with Crippen LogP contribution in [0, 0.1) is 6.92 Å². The normalized spacial score (nSPS) is 11.2. The molecule has 5 rings (SSSR count). The van der Waals surface area contributed by atoms with Crippen LogP contribution in [0.5, 0.6) is 0 Å². The zero-order valence-corrected chi connectivity index (χ0v) is 15.3. The first-order chi connectivity index (χ1) is 13.7. The Morgan fingerprint density at radius 3 is 2.57 bits per heavy atom. The number of aryl methyl sites for hydroxylation is 1. The maximum Gasteiger partial charge on any atom is 0.249 e. The van der Waals surface area contributed by atoms with Crippen LogP contribution < -0.4 is 5.56 Å². The predicted molar refractivity (Wildman–Crippen MR) is 113 cm³/mol. The van der Waals surface area contributed by atoms with Gasteiger partial charge < -0.3 is 4.98 Å². The second kappa shape index (κ2) is 6.43. The van der Waals surface area contributed by atoms with Crippen molar-refractivity contribution in [3.63, 3.8) is 0 Å². The molecule has 5 aromatic rings. The number of nitrogens with zero attached hydrogens (tertiary/aromatic N) is 2. The summed E-state index contributed by atoms with van der Waals surface area (Å²) < 4.78 is 0. The molecular weight excluding hydrogens is 346 g/mol. The first-order valence-electron chi connectivity index (χ1n) is 9.14. The molecule has 134 valence electrons. The van der Waals surface area contributed by atoms with E-state index in [1.165, 1.54) is 11.6 Å². The molecule has 0 aliphatic carbocycles. The van der Waals surface area contributed by atoms with E-state index in [2.05, 4.69) is 35.1 Å². The Morgan fingerprint density at radius 1 is 0.857 bits per heavy atom. The highest BCUT2D eigenvalue weighted by Gasteiger charge is 2.13. The third kappa shape index (κ3) is 2.76. The molecule has 0 saturated carbocycles. The number of nitrogens with one attached hydrogen (secondary N) is 1. The van der Waals surface area contributed by atoms with Gasteiger partial charge in [-0.1, -0.05) is 36.4 Å². The fraction of sp³-hybridized carbons (Fsp3) is 0.0417. The van der Waals surface area contributed by atoms with E-state index in [1.807, 2.05) is 54.7 Å².